The van der Waals surface area contributed by atoms with Crippen LogP contribution in [0.4, 0.5) is 11.4 Å². The number of nitrogens with one attached hydrogen (secondary N) is 2. The minimum Gasteiger partial charge on any atom is -0.492 e. The Morgan fingerprint density at radius 1 is 0.800 bits per heavy atom. The molecule has 0 aliphatic rings. The first-order chi connectivity index (χ1) is 16.8. The summed E-state index contributed by atoms with van der Waals surface area (Å²) in [7, 11) is 0. The molecule has 2 amide bonds. The van der Waals surface area contributed by atoms with Gasteiger partial charge in [-0.05, 0) is 63.1 Å². The molecule has 7 nitrogen and oxygen atoms in total. The van der Waals surface area contributed by atoms with Crippen LogP contribution in [0.15, 0.2) is 59.1 Å². The first-order valence-electron chi connectivity index (χ1n) is 11.3. The second-order valence-electron chi connectivity index (χ2n) is 7.74. The fourth-order valence-electron chi connectivity index (χ4n) is 3.54. The van der Waals surface area contributed by atoms with Gasteiger partial charge in [0.2, 0.25) is 0 Å². The third-order valence-corrected chi connectivity index (χ3v) is 5.47. The lowest BCUT2D eigenvalue weighted by Crippen LogP contribution is -2.21. The number of carbonyl (C=O) groups is 2. The maximum atomic E-state index is 12.7. The average Bonchev–Trinajstić information content (AvgIpc) is 2.81. The van der Waals surface area contributed by atoms with Crippen LogP contribution in [0.2, 0.25) is 0 Å². The molecule has 8 heteroatoms. The van der Waals surface area contributed by atoms with Crippen LogP contribution in [0.5, 0.6) is 17.2 Å². The zero-order valence-electron chi connectivity index (χ0n) is 20.2. The van der Waals surface area contributed by atoms with E-state index in [9.17, 15) is 9.59 Å². The minimum absolute atomic E-state index is 0.175. The summed E-state index contributed by atoms with van der Waals surface area (Å²) >= 11 is 3.46. The van der Waals surface area contributed by atoms with Gasteiger partial charge in [0.25, 0.3) is 11.8 Å². The molecule has 3 rings (SSSR count). The van der Waals surface area contributed by atoms with E-state index in [-0.39, 0.29) is 18.4 Å². The van der Waals surface area contributed by atoms with Crippen molar-refractivity contribution in [2.24, 2.45) is 0 Å². The van der Waals surface area contributed by atoms with Crippen molar-refractivity contribution in [2.45, 2.75) is 27.7 Å². The van der Waals surface area contributed by atoms with E-state index in [1.165, 1.54) is 0 Å². The van der Waals surface area contributed by atoms with Crippen LogP contribution >= 0.6 is 15.9 Å². The number of amides is 2. The van der Waals surface area contributed by atoms with Crippen molar-refractivity contribution in [3.05, 3.63) is 75.8 Å². The molecule has 0 fully saturated rings. The van der Waals surface area contributed by atoms with Gasteiger partial charge < -0.3 is 24.8 Å². The molecule has 0 aliphatic carbocycles. The van der Waals surface area contributed by atoms with E-state index in [4.69, 9.17) is 14.2 Å². The lowest BCUT2D eigenvalue weighted by atomic mass is 10.1. The molecule has 0 saturated carbocycles. The van der Waals surface area contributed by atoms with Crippen molar-refractivity contribution in [1.29, 1.82) is 0 Å². The highest BCUT2D eigenvalue weighted by Crippen LogP contribution is 2.37. The summed E-state index contributed by atoms with van der Waals surface area (Å²) in [5.41, 5.74) is 3.24. The van der Waals surface area contributed by atoms with Gasteiger partial charge in [0.05, 0.1) is 24.6 Å². The number of hydrogen-bond donors (Lipinski definition) is 2. The molecule has 0 saturated heterocycles. The molecular formula is C27H29BrN2O5. The minimum atomic E-state index is -0.351. The average molecular weight is 541 g/mol. The lowest BCUT2D eigenvalue weighted by molar-refractivity contribution is -0.118. The highest BCUT2D eigenvalue weighted by atomic mass is 79.9. The van der Waals surface area contributed by atoms with Crippen LogP contribution in [0.3, 0.4) is 0 Å². The van der Waals surface area contributed by atoms with Crippen LogP contribution in [-0.2, 0) is 4.79 Å². The van der Waals surface area contributed by atoms with Gasteiger partial charge in [-0.3, -0.25) is 9.59 Å². The highest BCUT2D eigenvalue weighted by Gasteiger charge is 2.17. The summed E-state index contributed by atoms with van der Waals surface area (Å²) in [4.78, 5) is 25.4. The van der Waals surface area contributed by atoms with Crippen molar-refractivity contribution >= 4 is 39.1 Å². The van der Waals surface area contributed by atoms with Crippen LogP contribution in [0.25, 0.3) is 0 Å². The molecule has 0 radical (unpaired) electrons. The van der Waals surface area contributed by atoms with Crippen molar-refractivity contribution in [3.8, 4) is 17.2 Å². The molecule has 2 N–H and O–H groups in total. The van der Waals surface area contributed by atoms with Gasteiger partial charge in [-0.1, -0.05) is 34.1 Å². The summed E-state index contributed by atoms with van der Waals surface area (Å²) < 4.78 is 18.2. The Kier molecular flexibility index (Phi) is 9.14. The number of aryl methyl sites for hydroxylation is 2. The van der Waals surface area contributed by atoms with Crippen LogP contribution < -0.4 is 24.8 Å². The van der Waals surface area contributed by atoms with E-state index in [0.717, 1.165) is 15.6 Å². The van der Waals surface area contributed by atoms with Crippen molar-refractivity contribution in [2.75, 3.05) is 30.5 Å². The third-order valence-electron chi connectivity index (χ3n) is 5.01. The fraction of sp³-hybridized carbons (Fsp3) is 0.259. The molecule has 0 unspecified atom stereocenters. The van der Waals surface area contributed by atoms with Gasteiger partial charge in [0, 0.05) is 22.2 Å². The fourth-order valence-corrected chi connectivity index (χ4v) is 4.23. The molecule has 0 bridgehead atoms. The first kappa shape index (κ1) is 26.1. The Morgan fingerprint density at radius 3 is 1.89 bits per heavy atom. The maximum Gasteiger partial charge on any atom is 0.262 e. The van der Waals surface area contributed by atoms with E-state index in [2.05, 4.69) is 26.6 Å². The van der Waals surface area contributed by atoms with Crippen LogP contribution in [0.1, 0.15) is 35.3 Å². The topological polar surface area (TPSA) is 85.9 Å². The Bertz CT molecular complexity index is 1170. The number of rotatable bonds is 10. The largest absolute Gasteiger partial charge is 0.492 e. The smallest absolute Gasteiger partial charge is 0.262 e. The Morgan fingerprint density at radius 2 is 1.34 bits per heavy atom. The molecule has 3 aromatic rings. The summed E-state index contributed by atoms with van der Waals surface area (Å²) in [6.07, 6.45) is 0. The standard InChI is InChI=1S/C27H29BrN2O5/c1-5-33-23-15-22(30-27(32)19-10-8-7-9-11-19)24(34-6-2)14-21(23)29-25(31)16-35-26-17(3)12-20(28)13-18(26)4/h7-15H,5-6,16H2,1-4H3,(H,29,31)(H,30,32). The monoisotopic (exact) mass is 540 g/mol. The van der Waals surface area contributed by atoms with Crippen molar-refractivity contribution in [1.82, 2.24) is 0 Å². The summed E-state index contributed by atoms with van der Waals surface area (Å²) in [5, 5.41) is 5.71. The Balaban J connectivity index is 1.81. The van der Waals surface area contributed by atoms with E-state index in [0.29, 0.717) is 47.4 Å². The normalized spacial score (nSPS) is 10.4. The summed E-state index contributed by atoms with van der Waals surface area (Å²) in [6.45, 7) is 8.10. The molecule has 35 heavy (non-hydrogen) atoms. The van der Waals surface area contributed by atoms with E-state index >= 15 is 0 Å². The zero-order chi connectivity index (χ0) is 25.4. The van der Waals surface area contributed by atoms with E-state index in [1.54, 1.807) is 36.4 Å². The van der Waals surface area contributed by atoms with Gasteiger partial charge >= 0.3 is 0 Å². The number of hydrogen-bond acceptors (Lipinski definition) is 5. The first-order valence-corrected chi connectivity index (χ1v) is 12.1. The Hall–Kier alpha value is -3.52. The number of ether oxygens (including phenoxy) is 3. The molecule has 0 heterocycles. The molecule has 0 aromatic heterocycles. The SMILES string of the molecule is CCOc1cc(NC(=O)c2ccccc2)c(OCC)cc1NC(=O)COc1c(C)cc(Br)cc1C. The predicted molar refractivity (Wildman–Crippen MR) is 141 cm³/mol. The van der Waals surface area contributed by atoms with Crippen LogP contribution in [0, 0.1) is 13.8 Å². The molecule has 0 spiro atoms. The molecule has 0 aliphatic heterocycles. The van der Waals surface area contributed by atoms with E-state index < -0.39 is 0 Å². The maximum absolute atomic E-state index is 12.7. The third kappa shape index (κ3) is 6.99. The highest BCUT2D eigenvalue weighted by molar-refractivity contribution is 9.10. The van der Waals surface area contributed by atoms with Gasteiger partial charge in [0.15, 0.2) is 6.61 Å². The Labute approximate surface area is 213 Å². The van der Waals surface area contributed by atoms with Crippen molar-refractivity contribution in [3.63, 3.8) is 0 Å². The van der Waals surface area contributed by atoms with Crippen LogP contribution in [-0.4, -0.2) is 31.6 Å². The van der Waals surface area contributed by atoms with Gasteiger partial charge in [-0.15, -0.1) is 0 Å². The quantitative estimate of drug-likeness (QED) is 0.323. The number of halogens is 1. The van der Waals surface area contributed by atoms with Crippen molar-refractivity contribution < 1.29 is 23.8 Å². The van der Waals surface area contributed by atoms with Gasteiger partial charge in [-0.2, -0.15) is 0 Å². The molecular weight excluding hydrogens is 512 g/mol. The summed E-state index contributed by atoms with van der Waals surface area (Å²) in [6, 6.07) is 16.0. The molecule has 3 aromatic carbocycles. The second-order valence-corrected chi connectivity index (χ2v) is 8.65. The summed E-state index contributed by atoms with van der Waals surface area (Å²) in [5.74, 6) is 0.859. The second kappa shape index (κ2) is 12.3. The molecule has 0 atom stereocenters. The number of benzene rings is 3. The molecule has 184 valence electrons. The predicted octanol–water partition coefficient (Wildman–Crippen LogP) is 6.13. The van der Waals surface area contributed by atoms with Gasteiger partial charge in [0.1, 0.15) is 17.2 Å². The van der Waals surface area contributed by atoms with E-state index in [1.807, 2.05) is 45.9 Å². The lowest BCUT2D eigenvalue weighted by Gasteiger charge is -2.18. The van der Waals surface area contributed by atoms with Gasteiger partial charge in [-0.25, -0.2) is 0 Å². The number of carbonyl (C=O) groups excluding carboxylic acids is 2. The number of anilines is 2. The zero-order valence-corrected chi connectivity index (χ0v) is 21.8.